The van der Waals surface area contributed by atoms with Crippen LogP contribution in [0.15, 0.2) is 12.2 Å². The zero-order valence-electron chi connectivity index (χ0n) is 18.5. The molecule has 4 heteroatoms. The standard InChI is InChI=1S/C24H44O4/c1-23(25)27-21-19-17-15-13-11-9-7-5-3-4-6-8-10-12-14-16-18-20-22-28-24(2)26/h3-4H,5-22H2,1-2H3. The van der Waals surface area contributed by atoms with E-state index in [2.05, 4.69) is 12.2 Å². The van der Waals surface area contributed by atoms with Gasteiger partial charge in [0, 0.05) is 13.8 Å². The highest BCUT2D eigenvalue weighted by molar-refractivity contribution is 5.66. The van der Waals surface area contributed by atoms with Gasteiger partial charge in [-0.25, -0.2) is 0 Å². The molecule has 0 heterocycles. The van der Waals surface area contributed by atoms with Crippen LogP contribution in [0.4, 0.5) is 0 Å². The number of carbonyl (C=O) groups excluding carboxylic acids is 2. The number of rotatable bonds is 20. The Labute approximate surface area is 173 Å². The zero-order chi connectivity index (χ0) is 20.7. The van der Waals surface area contributed by atoms with Crippen LogP contribution in [0.25, 0.3) is 0 Å². The van der Waals surface area contributed by atoms with Gasteiger partial charge in [0.05, 0.1) is 13.2 Å². The molecule has 0 radical (unpaired) electrons. The van der Waals surface area contributed by atoms with Crippen LogP contribution in [0.3, 0.4) is 0 Å². The Balaban J connectivity index is 3.10. The van der Waals surface area contributed by atoms with Gasteiger partial charge in [-0.2, -0.15) is 0 Å². The highest BCUT2D eigenvalue weighted by Gasteiger charge is 1.95. The second kappa shape index (κ2) is 22.0. The molecule has 28 heavy (non-hydrogen) atoms. The number of ether oxygens (including phenoxy) is 2. The fourth-order valence-electron chi connectivity index (χ4n) is 3.16. The molecule has 0 spiro atoms. The average molecular weight is 397 g/mol. The smallest absolute Gasteiger partial charge is 0.302 e. The summed E-state index contributed by atoms with van der Waals surface area (Å²) in [5.74, 6) is -0.338. The monoisotopic (exact) mass is 396 g/mol. The summed E-state index contributed by atoms with van der Waals surface area (Å²) in [4.78, 5) is 21.2. The predicted octanol–water partition coefficient (Wildman–Crippen LogP) is 6.91. The van der Waals surface area contributed by atoms with Crippen LogP contribution in [-0.2, 0) is 19.1 Å². The molecule has 0 aromatic heterocycles. The van der Waals surface area contributed by atoms with Gasteiger partial charge in [-0.3, -0.25) is 9.59 Å². The zero-order valence-corrected chi connectivity index (χ0v) is 18.5. The lowest BCUT2D eigenvalue weighted by Gasteiger charge is -2.02. The summed E-state index contributed by atoms with van der Waals surface area (Å²) in [6.45, 7) is 4.10. The maximum Gasteiger partial charge on any atom is 0.302 e. The molecule has 164 valence electrons. The Hall–Kier alpha value is -1.32. The molecule has 0 atom stereocenters. The first-order valence-electron chi connectivity index (χ1n) is 11.5. The Morgan fingerprint density at radius 3 is 1.11 bits per heavy atom. The summed E-state index contributed by atoms with van der Waals surface area (Å²) < 4.78 is 9.85. The lowest BCUT2D eigenvalue weighted by Crippen LogP contribution is -2.00. The first kappa shape index (κ1) is 26.7. The molecule has 0 N–H and O–H groups in total. The van der Waals surface area contributed by atoms with Crippen molar-refractivity contribution in [1.29, 1.82) is 0 Å². The number of allylic oxidation sites excluding steroid dienone is 2. The number of unbranched alkanes of at least 4 members (excludes halogenated alkanes) is 14. The topological polar surface area (TPSA) is 52.6 Å². The van der Waals surface area contributed by atoms with Crippen LogP contribution < -0.4 is 0 Å². The minimum absolute atomic E-state index is 0.169. The second-order valence-corrected chi connectivity index (χ2v) is 7.68. The van der Waals surface area contributed by atoms with Crippen molar-refractivity contribution in [3.05, 3.63) is 12.2 Å². The molecule has 0 unspecified atom stereocenters. The molecule has 0 fully saturated rings. The molecule has 0 aliphatic rings. The first-order chi connectivity index (χ1) is 13.6. The van der Waals surface area contributed by atoms with Crippen molar-refractivity contribution in [3.63, 3.8) is 0 Å². The van der Waals surface area contributed by atoms with Crippen LogP contribution in [0.2, 0.25) is 0 Å². The van der Waals surface area contributed by atoms with E-state index >= 15 is 0 Å². The third-order valence-electron chi connectivity index (χ3n) is 4.81. The van der Waals surface area contributed by atoms with E-state index < -0.39 is 0 Å². The molecule has 0 aromatic rings. The summed E-state index contributed by atoms with van der Waals surface area (Å²) in [5, 5.41) is 0. The number of carbonyl (C=O) groups is 2. The third kappa shape index (κ3) is 24.7. The van der Waals surface area contributed by atoms with E-state index in [1.54, 1.807) is 0 Å². The second-order valence-electron chi connectivity index (χ2n) is 7.68. The van der Waals surface area contributed by atoms with Gasteiger partial charge in [0.25, 0.3) is 0 Å². The number of hydrogen-bond acceptors (Lipinski definition) is 4. The van der Waals surface area contributed by atoms with Gasteiger partial charge in [0.15, 0.2) is 0 Å². The Morgan fingerprint density at radius 2 is 0.786 bits per heavy atom. The molecular weight excluding hydrogens is 352 g/mol. The Morgan fingerprint density at radius 1 is 0.500 bits per heavy atom. The van der Waals surface area contributed by atoms with Crippen molar-refractivity contribution < 1.29 is 19.1 Å². The van der Waals surface area contributed by atoms with Gasteiger partial charge >= 0.3 is 11.9 Å². The number of hydrogen-bond donors (Lipinski definition) is 0. The summed E-state index contributed by atoms with van der Waals surface area (Å²) in [7, 11) is 0. The molecule has 4 nitrogen and oxygen atoms in total. The quantitative estimate of drug-likeness (QED) is 0.127. The van der Waals surface area contributed by atoms with Crippen LogP contribution in [0, 0.1) is 0 Å². The lowest BCUT2D eigenvalue weighted by molar-refractivity contribution is -0.142. The van der Waals surface area contributed by atoms with E-state index in [0.717, 1.165) is 12.8 Å². The van der Waals surface area contributed by atoms with Crippen LogP contribution in [0.1, 0.15) is 117 Å². The van der Waals surface area contributed by atoms with Gasteiger partial charge in [-0.15, -0.1) is 0 Å². The van der Waals surface area contributed by atoms with Gasteiger partial charge < -0.3 is 9.47 Å². The van der Waals surface area contributed by atoms with Gasteiger partial charge in [-0.1, -0.05) is 76.4 Å². The number of esters is 2. The predicted molar refractivity (Wildman–Crippen MR) is 116 cm³/mol. The largest absolute Gasteiger partial charge is 0.466 e. The van der Waals surface area contributed by atoms with Crippen LogP contribution >= 0.6 is 0 Å². The van der Waals surface area contributed by atoms with E-state index in [9.17, 15) is 9.59 Å². The van der Waals surface area contributed by atoms with E-state index in [0.29, 0.717) is 13.2 Å². The van der Waals surface area contributed by atoms with Gasteiger partial charge in [0.1, 0.15) is 0 Å². The first-order valence-corrected chi connectivity index (χ1v) is 11.5. The van der Waals surface area contributed by atoms with E-state index in [1.807, 2.05) is 0 Å². The van der Waals surface area contributed by atoms with Crippen molar-refractivity contribution in [3.8, 4) is 0 Å². The average Bonchev–Trinajstić information content (AvgIpc) is 2.65. The Kier molecular flexibility index (Phi) is 20.9. The molecular formula is C24H44O4. The van der Waals surface area contributed by atoms with Crippen molar-refractivity contribution in [2.45, 2.75) is 117 Å². The molecule has 0 amide bonds. The molecule has 0 aliphatic heterocycles. The summed E-state index contributed by atoms with van der Waals surface area (Å²) >= 11 is 0. The summed E-state index contributed by atoms with van der Waals surface area (Å²) in [6.07, 6.45) is 24.5. The molecule has 0 saturated heterocycles. The summed E-state index contributed by atoms with van der Waals surface area (Å²) in [5.41, 5.74) is 0. The van der Waals surface area contributed by atoms with Gasteiger partial charge in [0.2, 0.25) is 0 Å². The minimum atomic E-state index is -0.169. The highest BCUT2D eigenvalue weighted by Crippen LogP contribution is 2.11. The van der Waals surface area contributed by atoms with Gasteiger partial charge in [-0.05, 0) is 38.5 Å². The van der Waals surface area contributed by atoms with Crippen LogP contribution in [0.5, 0.6) is 0 Å². The molecule has 0 rings (SSSR count). The Bertz CT molecular complexity index is 354. The van der Waals surface area contributed by atoms with Crippen molar-refractivity contribution >= 4 is 11.9 Å². The fraction of sp³-hybridized carbons (Fsp3) is 0.833. The SMILES string of the molecule is CC(=O)OCCCCCCCCCC=CCCCCCCCCCOC(C)=O. The van der Waals surface area contributed by atoms with Crippen molar-refractivity contribution in [2.75, 3.05) is 13.2 Å². The molecule has 0 aromatic carbocycles. The van der Waals surface area contributed by atoms with Crippen LogP contribution in [-0.4, -0.2) is 25.2 Å². The highest BCUT2D eigenvalue weighted by atomic mass is 16.5. The van der Waals surface area contributed by atoms with Crippen molar-refractivity contribution in [2.24, 2.45) is 0 Å². The summed E-state index contributed by atoms with van der Waals surface area (Å²) in [6, 6.07) is 0. The normalized spacial score (nSPS) is 11.1. The third-order valence-corrected chi connectivity index (χ3v) is 4.81. The maximum absolute atomic E-state index is 10.6. The molecule has 0 saturated carbocycles. The fourth-order valence-corrected chi connectivity index (χ4v) is 3.16. The van der Waals surface area contributed by atoms with Crippen molar-refractivity contribution in [1.82, 2.24) is 0 Å². The lowest BCUT2D eigenvalue weighted by atomic mass is 10.1. The van der Waals surface area contributed by atoms with E-state index in [1.165, 1.54) is 104 Å². The maximum atomic E-state index is 10.6. The molecule has 0 aliphatic carbocycles. The van der Waals surface area contributed by atoms with E-state index in [4.69, 9.17) is 9.47 Å². The van der Waals surface area contributed by atoms with E-state index in [-0.39, 0.29) is 11.9 Å². The molecule has 0 bridgehead atoms. The minimum Gasteiger partial charge on any atom is -0.466 e.